The molecule has 2 aliphatic heterocycles. The molecular formula is C26H54I2N2. The molecule has 0 amide bonds. The molecule has 2 nitrogen and oxygen atoms in total. The summed E-state index contributed by atoms with van der Waals surface area (Å²) in [5.74, 6) is 0. The van der Waals surface area contributed by atoms with Crippen LogP contribution in [0.5, 0.6) is 0 Å². The van der Waals surface area contributed by atoms with Crippen LogP contribution in [-0.2, 0) is 0 Å². The topological polar surface area (TPSA) is 0 Å². The smallest absolute Gasteiger partial charge is 0.0886 e. The summed E-state index contributed by atoms with van der Waals surface area (Å²) in [4.78, 5) is 0. The van der Waals surface area contributed by atoms with E-state index in [-0.39, 0.29) is 48.0 Å². The predicted octanol–water partition coefficient (Wildman–Crippen LogP) is 0.933. The van der Waals surface area contributed by atoms with E-state index in [4.69, 9.17) is 0 Å². The molecule has 4 heteroatoms. The fourth-order valence-corrected chi connectivity index (χ4v) is 6.02. The molecule has 0 aromatic rings. The average molecular weight is 649 g/mol. The molecule has 0 radical (unpaired) electrons. The molecule has 2 atom stereocenters. The number of halogens is 2. The van der Waals surface area contributed by atoms with Crippen molar-refractivity contribution in [1.82, 2.24) is 0 Å². The zero-order valence-electron chi connectivity index (χ0n) is 20.9. The number of hydrogen-bond acceptors (Lipinski definition) is 0. The molecule has 0 spiro atoms. The summed E-state index contributed by atoms with van der Waals surface area (Å²) in [5, 5.41) is 0. The van der Waals surface area contributed by atoms with Crippen LogP contribution in [0, 0.1) is 0 Å². The summed E-state index contributed by atoms with van der Waals surface area (Å²) in [6.07, 6.45) is 26.5. The highest BCUT2D eigenvalue weighted by Gasteiger charge is 2.31. The summed E-state index contributed by atoms with van der Waals surface area (Å²) in [6, 6.07) is 1.90. The molecule has 2 fully saturated rings. The molecular weight excluding hydrogens is 594 g/mol. The lowest BCUT2D eigenvalue weighted by Gasteiger charge is -2.41. The predicted molar refractivity (Wildman–Crippen MR) is 125 cm³/mol. The highest BCUT2D eigenvalue weighted by Crippen LogP contribution is 2.27. The summed E-state index contributed by atoms with van der Waals surface area (Å²) in [6.45, 7) is 2.81. The van der Waals surface area contributed by atoms with Gasteiger partial charge in [-0.05, 0) is 64.2 Å². The maximum Gasteiger partial charge on any atom is 0.0886 e. The van der Waals surface area contributed by atoms with Gasteiger partial charge in [0.15, 0.2) is 0 Å². The molecule has 2 unspecified atom stereocenters. The number of nitrogens with zero attached hydrogens (tertiary/aromatic N) is 2. The first-order valence-corrected chi connectivity index (χ1v) is 13.1. The monoisotopic (exact) mass is 648 g/mol. The van der Waals surface area contributed by atoms with Crippen LogP contribution in [0.1, 0.15) is 116 Å². The molecule has 0 N–H and O–H groups in total. The molecule has 0 saturated carbocycles. The third-order valence-electron chi connectivity index (χ3n) is 8.35. The van der Waals surface area contributed by atoms with E-state index in [0.717, 1.165) is 12.1 Å². The normalized spacial score (nSPS) is 25.2. The van der Waals surface area contributed by atoms with E-state index >= 15 is 0 Å². The van der Waals surface area contributed by atoms with Crippen LogP contribution in [0.25, 0.3) is 0 Å². The number of rotatable bonds is 13. The van der Waals surface area contributed by atoms with Gasteiger partial charge in [0.25, 0.3) is 0 Å². The SMILES string of the molecule is C[N+]1(C)CCCCC1CCCCCCCCCCCCC1CCCC[N+]1(C)C.[I-].[I-]. The Morgan fingerprint density at radius 3 is 1.07 bits per heavy atom. The van der Waals surface area contributed by atoms with E-state index in [0.29, 0.717) is 0 Å². The molecule has 2 heterocycles. The Bertz CT molecular complexity index is 374. The van der Waals surface area contributed by atoms with Crippen LogP contribution in [0.2, 0.25) is 0 Å². The van der Waals surface area contributed by atoms with Crippen molar-refractivity contribution in [1.29, 1.82) is 0 Å². The van der Waals surface area contributed by atoms with Crippen LogP contribution in [0.4, 0.5) is 0 Å². The van der Waals surface area contributed by atoms with Crippen molar-refractivity contribution in [2.45, 2.75) is 128 Å². The van der Waals surface area contributed by atoms with Crippen molar-refractivity contribution in [3.05, 3.63) is 0 Å². The van der Waals surface area contributed by atoms with Crippen LogP contribution < -0.4 is 48.0 Å². The lowest BCUT2D eigenvalue weighted by Crippen LogP contribution is -3.00. The van der Waals surface area contributed by atoms with Gasteiger partial charge >= 0.3 is 0 Å². The number of quaternary nitrogens is 2. The van der Waals surface area contributed by atoms with Crippen molar-refractivity contribution in [3.63, 3.8) is 0 Å². The van der Waals surface area contributed by atoms with Crippen LogP contribution in [-0.4, -0.2) is 62.3 Å². The lowest BCUT2D eigenvalue weighted by atomic mass is 9.94. The minimum atomic E-state index is 0. The molecule has 0 aliphatic carbocycles. The molecule has 0 aromatic heterocycles. The van der Waals surface area contributed by atoms with Gasteiger partial charge in [0.05, 0.1) is 53.4 Å². The first-order valence-electron chi connectivity index (χ1n) is 13.1. The van der Waals surface area contributed by atoms with Crippen molar-refractivity contribution >= 4 is 0 Å². The number of unbranched alkanes of at least 4 members (excludes halogenated alkanes) is 9. The zero-order chi connectivity index (χ0) is 20.3. The average Bonchev–Trinajstić information content (AvgIpc) is 2.64. The van der Waals surface area contributed by atoms with Crippen molar-refractivity contribution < 1.29 is 56.9 Å². The highest BCUT2D eigenvalue weighted by atomic mass is 127. The van der Waals surface area contributed by atoms with Gasteiger partial charge < -0.3 is 56.9 Å². The van der Waals surface area contributed by atoms with Gasteiger partial charge in [0, 0.05) is 0 Å². The highest BCUT2D eigenvalue weighted by molar-refractivity contribution is 4.66. The second kappa shape index (κ2) is 16.9. The van der Waals surface area contributed by atoms with E-state index in [9.17, 15) is 0 Å². The van der Waals surface area contributed by atoms with Gasteiger partial charge in [0.2, 0.25) is 0 Å². The van der Waals surface area contributed by atoms with Crippen molar-refractivity contribution in [2.75, 3.05) is 41.3 Å². The minimum Gasteiger partial charge on any atom is -1.00 e. The maximum absolute atomic E-state index is 2.46. The van der Waals surface area contributed by atoms with E-state index in [2.05, 4.69) is 28.2 Å². The maximum atomic E-state index is 2.46. The van der Waals surface area contributed by atoms with Crippen molar-refractivity contribution in [2.24, 2.45) is 0 Å². The third-order valence-corrected chi connectivity index (χ3v) is 8.35. The Morgan fingerprint density at radius 1 is 0.467 bits per heavy atom. The van der Waals surface area contributed by atoms with Gasteiger partial charge in [0.1, 0.15) is 0 Å². The fraction of sp³-hybridized carbons (Fsp3) is 1.00. The molecule has 0 aromatic carbocycles. The summed E-state index contributed by atoms with van der Waals surface area (Å²) in [7, 11) is 9.83. The Kier molecular flexibility index (Phi) is 17.7. The van der Waals surface area contributed by atoms with Crippen molar-refractivity contribution in [3.8, 4) is 0 Å². The molecule has 0 bridgehead atoms. The molecule has 30 heavy (non-hydrogen) atoms. The summed E-state index contributed by atoms with van der Waals surface area (Å²) in [5.41, 5.74) is 0. The Labute approximate surface area is 224 Å². The number of hydrogen-bond donors (Lipinski definition) is 0. The fourth-order valence-electron chi connectivity index (χ4n) is 6.02. The van der Waals surface area contributed by atoms with Crippen LogP contribution in [0.15, 0.2) is 0 Å². The Morgan fingerprint density at radius 2 is 0.767 bits per heavy atom. The van der Waals surface area contributed by atoms with Gasteiger partial charge in [-0.1, -0.05) is 51.4 Å². The lowest BCUT2D eigenvalue weighted by molar-refractivity contribution is -0.920. The first kappa shape index (κ1) is 31.4. The van der Waals surface area contributed by atoms with E-state index in [1.165, 1.54) is 138 Å². The Hall–Kier alpha value is 1.38. The third kappa shape index (κ3) is 12.0. The van der Waals surface area contributed by atoms with E-state index in [1.807, 2.05) is 0 Å². The summed E-state index contributed by atoms with van der Waals surface area (Å²) < 4.78 is 2.58. The summed E-state index contributed by atoms with van der Waals surface area (Å²) >= 11 is 0. The van der Waals surface area contributed by atoms with Gasteiger partial charge in [-0.25, -0.2) is 0 Å². The molecule has 2 rings (SSSR count). The van der Waals surface area contributed by atoms with Gasteiger partial charge in [-0.2, -0.15) is 0 Å². The first-order chi connectivity index (χ1) is 13.4. The second-order valence-electron chi connectivity index (χ2n) is 11.4. The molecule has 182 valence electrons. The van der Waals surface area contributed by atoms with E-state index < -0.39 is 0 Å². The van der Waals surface area contributed by atoms with E-state index in [1.54, 1.807) is 0 Å². The zero-order valence-corrected chi connectivity index (χ0v) is 25.3. The van der Waals surface area contributed by atoms with Crippen LogP contribution in [0.3, 0.4) is 0 Å². The number of piperidine rings is 2. The standard InChI is InChI=1S/C26H54N2.2HI/c1-27(2)23-17-15-21-25(27)19-13-11-9-7-5-6-8-10-12-14-20-26-22-16-18-24-28(26,3)4;;/h25-26H,5-24H2,1-4H3;2*1H/q+2;;/p-2. The molecule has 2 aliphatic rings. The quantitative estimate of drug-likeness (QED) is 0.159. The molecule has 2 saturated heterocycles. The largest absolute Gasteiger partial charge is 1.00 e. The second-order valence-corrected chi connectivity index (χ2v) is 11.4. The Balaban J connectivity index is 0.00000420. The minimum absolute atomic E-state index is 0. The number of likely N-dealkylation sites (tertiary alicyclic amines) is 2. The van der Waals surface area contributed by atoms with Crippen LogP contribution >= 0.6 is 0 Å². The van der Waals surface area contributed by atoms with Gasteiger partial charge in [-0.3, -0.25) is 0 Å². The van der Waals surface area contributed by atoms with Gasteiger partial charge in [-0.15, -0.1) is 0 Å².